The number of fused-ring (bicyclic) bond motifs is 1. The van der Waals surface area contributed by atoms with Gasteiger partial charge < -0.3 is 0 Å². The minimum Gasteiger partial charge on any atom is -0.297 e. The molecule has 0 saturated heterocycles. The monoisotopic (exact) mass is 196 g/mol. The van der Waals surface area contributed by atoms with E-state index in [1.54, 1.807) is 18.2 Å². The third-order valence-corrected chi connectivity index (χ3v) is 1.87. The predicted octanol–water partition coefficient (Wildman–Crippen LogP) is 1.78. The lowest BCUT2D eigenvalue weighted by molar-refractivity contribution is 0.0672. The van der Waals surface area contributed by atoms with Crippen LogP contribution in [-0.2, 0) is 0 Å². The largest absolute Gasteiger partial charge is 0.302 e. The van der Waals surface area contributed by atoms with Crippen molar-refractivity contribution in [2.45, 2.75) is 6.43 Å². The number of hydrogen-bond acceptors (Lipinski definition) is 2. The van der Waals surface area contributed by atoms with Gasteiger partial charge in [-0.25, -0.2) is 13.8 Å². The van der Waals surface area contributed by atoms with E-state index in [0.717, 1.165) is 6.20 Å². The van der Waals surface area contributed by atoms with Crippen molar-refractivity contribution in [1.82, 2.24) is 9.38 Å². The molecule has 2 aromatic heterocycles. The van der Waals surface area contributed by atoms with Gasteiger partial charge in [-0.2, -0.15) is 0 Å². The van der Waals surface area contributed by atoms with Crippen LogP contribution in [-0.4, -0.2) is 21.6 Å². The summed E-state index contributed by atoms with van der Waals surface area (Å²) >= 11 is 0. The second kappa shape index (κ2) is 3.17. The Kier molecular flexibility index (Phi) is 1.99. The van der Waals surface area contributed by atoms with Crippen LogP contribution >= 0.6 is 0 Å². The molecule has 72 valence electrons. The Morgan fingerprint density at radius 3 is 2.93 bits per heavy atom. The minimum atomic E-state index is -2.99. The number of pyridine rings is 1. The Bertz CT molecular complexity index is 478. The summed E-state index contributed by atoms with van der Waals surface area (Å²) in [6.07, 6.45) is -0.308. The van der Waals surface area contributed by atoms with Gasteiger partial charge in [-0.15, -0.1) is 0 Å². The van der Waals surface area contributed by atoms with E-state index in [1.165, 1.54) is 10.6 Å². The van der Waals surface area contributed by atoms with Gasteiger partial charge in [0.25, 0.3) is 0 Å². The molecule has 2 rings (SSSR count). The highest BCUT2D eigenvalue weighted by Crippen LogP contribution is 2.10. The molecule has 0 radical (unpaired) electrons. The van der Waals surface area contributed by atoms with E-state index in [1.807, 2.05) is 0 Å². The van der Waals surface area contributed by atoms with E-state index in [2.05, 4.69) is 4.98 Å². The van der Waals surface area contributed by atoms with Gasteiger partial charge in [-0.3, -0.25) is 9.20 Å². The standard InChI is InChI=1S/C9H6F2N2O/c10-9(11)8(14)6-5-12-7-3-1-2-4-13(6)7/h1-5,9H. The molecule has 5 heteroatoms. The Balaban J connectivity index is 2.58. The number of carbonyl (C=O) groups is 1. The van der Waals surface area contributed by atoms with Gasteiger partial charge in [0.2, 0.25) is 5.78 Å². The fraction of sp³-hybridized carbons (Fsp3) is 0.111. The molecule has 0 unspecified atom stereocenters. The fourth-order valence-electron chi connectivity index (χ4n) is 1.23. The Labute approximate surface area is 78.0 Å². The molecule has 0 aliphatic carbocycles. The Morgan fingerprint density at radius 1 is 1.43 bits per heavy atom. The minimum absolute atomic E-state index is 0.0874. The van der Waals surface area contributed by atoms with Crippen LogP contribution in [0.3, 0.4) is 0 Å². The highest BCUT2D eigenvalue weighted by Gasteiger charge is 2.21. The van der Waals surface area contributed by atoms with E-state index in [-0.39, 0.29) is 5.69 Å². The highest BCUT2D eigenvalue weighted by atomic mass is 19.3. The average molecular weight is 196 g/mol. The summed E-state index contributed by atoms with van der Waals surface area (Å²) in [4.78, 5) is 14.8. The number of Topliss-reactive ketones (excluding diaryl/α,β-unsaturated/α-hetero) is 1. The van der Waals surface area contributed by atoms with Crippen LogP contribution in [0.2, 0.25) is 0 Å². The van der Waals surface area contributed by atoms with Crippen LogP contribution in [0.4, 0.5) is 8.78 Å². The third-order valence-electron chi connectivity index (χ3n) is 1.87. The molecule has 0 N–H and O–H groups in total. The van der Waals surface area contributed by atoms with E-state index in [9.17, 15) is 13.6 Å². The second-order valence-corrected chi connectivity index (χ2v) is 2.74. The number of ketones is 1. The van der Waals surface area contributed by atoms with Crippen molar-refractivity contribution in [3.05, 3.63) is 36.3 Å². The van der Waals surface area contributed by atoms with Crippen LogP contribution < -0.4 is 0 Å². The number of halogens is 2. The summed E-state index contributed by atoms with van der Waals surface area (Å²) in [7, 11) is 0. The maximum absolute atomic E-state index is 12.1. The van der Waals surface area contributed by atoms with Gasteiger partial charge in [-0.1, -0.05) is 6.07 Å². The normalized spacial score (nSPS) is 11.1. The first-order chi connectivity index (χ1) is 6.70. The zero-order chi connectivity index (χ0) is 10.1. The van der Waals surface area contributed by atoms with Gasteiger partial charge in [0.15, 0.2) is 0 Å². The number of carbonyl (C=O) groups excluding carboxylic acids is 1. The van der Waals surface area contributed by atoms with Crippen molar-refractivity contribution in [3.63, 3.8) is 0 Å². The van der Waals surface area contributed by atoms with Crippen LogP contribution in [0.1, 0.15) is 10.5 Å². The Hall–Kier alpha value is -1.78. The third kappa shape index (κ3) is 1.26. The van der Waals surface area contributed by atoms with Gasteiger partial charge in [-0.05, 0) is 12.1 Å². The lowest BCUT2D eigenvalue weighted by Crippen LogP contribution is -2.12. The molecule has 14 heavy (non-hydrogen) atoms. The topological polar surface area (TPSA) is 34.4 Å². The van der Waals surface area contributed by atoms with Crippen molar-refractivity contribution >= 4 is 11.4 Å². The first-order valence-electron chi connectivity index (χ1n) is 3.94. The fourth-order valence-corrected chi connectivity index (χ4v) is 1.23. The number of hydrogen-bond donors (Lipinski definition) is 0. The van der Waals surface area contributed by atoms with Crippen molar-refractivity contribution in [1.29, 1.82) is 0 Å². The summed E-state index contributed by atoms with van der Waals surface area (Å²) in [5.74, 6) is -1.20. The van der Waals surface area contributed by atoms with Crippen molar-refractivity contribution < 1.29 is 13.6 Å². The quantitative estimate of drug-likeness (QED) is 0.686. The molecule has 0 aliphatic rings. The van der Waals surface area contributed by atoms with Crippen LogP contribution in [0.5, 0.6) is 0 Å². The molecule has 0 aromatic carbocycles. The van der Waals surface area contributed by atoms with E-state index < -0.39 is 12.2 Å². The Morgan fingerprint density at radius 2 is 2.21 bits per heavy atom. The summed E-state index contributed by atoms with van der Waals surface area (Å²) in [6.45, 7) is 0. The molecule has 0 fully saturated rings. The smallest absolute Gasteiger partial charge is 0.297 e. The van der Waals surface area contributed by atoms with Crippen molar-refractivity contribution in [2.24, 2.45) is 0 Å². The van der Waals surface area contributed by atoms with Gasteiger partial charge in [0.05, 0.1) is 6.20 Å². The number of imidazole rings is 1. The predicted molar refractivity (Wildman–Crippen MR) is 45.5 cm³/mol. The second-order valence-electron chi connectivity index (χ2n) is 2.74. The van der Waals surface area contributed by atoms with E-state index >= 15 is 0 Å². The van der Waals surface area contributed by atoms with Crippen LogP contribution in [0, 0.1) is 0 Å². The van der Waals surface area contributed by atoms with Crippen molar-refractivity contribution in [2.75, 3.05) is 0 Å². The average Bonchev–Trinajstić information content (AvgIpc) is 2.60. The molecular formula is C9H6F2N2O. The SMILES string of the molecule is O=C(c1cnc2ccccn12)C(F)F. The van der Waals surface area contributed by atoms with E-state index in [4.69, 9.17) is 0 Å². The molecule has 0 saturated carbocycles. The number of nitrogens with zero attached hydrogens (tertiary/aromatic N) is 2. The van der Waals surface area contributed by atoms with Gasteiger partial charge in [0, 0.05) is 6.20 Å². The first kappa shape index (κ1) is 8.80. The number of aromatic nitrogens is 2. The van der Waals surface area contributed by atoms with E-state index in [0.29, 0.717) is 5.65 Å². The van der Waals surface area contributed by atoms with Gasteiger partial charge in [0.1, 0.15) is 11.3 Å². The van der Waals surface area contributed by atoms with Crippen LogP contribution in [0.15, 0.2) is 30.6 Å². The maximum atomic E-state index is 12.1. The van der Waals surface area contributed by atoms with Crippen molar-refractivity contribution in [3.8, 4) is 0 Å². The molecule has 0 atom stereocenters. The lowest BCUT2D eigenvalue weighted by Gasteiger charge is -1.98. The first-order valence-corrected chi connectivity index (χ1v) is 3.94. The summed E-state index contributed by atoms with van der Waals surface area (Å²) in [5.41, 5.74) is 0.395. The molecule has 3 nitrogen and oxygen atoms in total. The molecular weight excluding hydrogens is 190 g/mol. The summed E-state index contributed by atoms with van der Waals surface area (Å²) in [6, 6.07) is 5.01. The maximum Gasteiger partial charge on any atom is 0.302 e. The zero-order valence-corrected chi connectivity index (χ0v) is 7.02. The zero-order valence-electron chi connectivity index (χ0n) is 7.02. The lowest BCUT2D eigenvalue weighted by atomic mass is 10.3. The molecule has 0 aliphatic heterocycles. The molecule has 0 bridgehead atoms. The summed E-state index contributed by atoms with van der Waals surface area (Å²) < 4.78 is 25.6. The molecule has 2 aromatic rings. The molecule has 0 spiro atoms. The molecule has 0 amide bonds. The highest BCUT2D eigenvalue weighted by molar-refractivity contribution is 5.97. The van der Waals surface area contributed by atoms with Crippen LogP contribution in [0.25, 0.3) is 5.65 Å². The number of alkyl halides is 2. The summed E-state index contributed by atoms with van der Waals surface area (Å²) in [5, 5.41) is 0. The van der Waals surface area contributed by atoms with Gasteiger partial charge >= 0.3 is 6.43 Å². The molecule has 2 heterocycles. The number of rotatable bonds is 2.